The van der Waals surface area contributed by atoms with E-state index in [1.807, 2.05) is 0 Å². The van der Waals surface area contributed by atoms with Crippen LogP contribution in [0.5, 0.6) is 40.2 Å². The fraction of sp³-hybridized carbons (Fsp3) is 0. The van der Waals surface area contributed by atoms with Crippen LogP contribution in [0.2, 0.25) is 0 Å². The molecule has 0 bridgehead atoms. The molecule has 0 unspecified atom stereocenters. The number of hydrogen-bond donors (Lipinski definition) is 7. The molecule has 0 aliphatic rings. The monoisotopic (exact) mass is 410 g/mol. The maximum absolute atomic E-state index is 12.7. The second-order valence-corrected chi connectivity index (χ2v) is 6.54. The number of hydrogen-bond acceptors (Lipinski definition) is 9. The molecule has 30 heavy (non-hydrogen) atoms. The molecular formula is C21H14O9. The van der Waals surface area contributed by atoms with Crippen molar-refractivity contribution in [2.45, 2.75) is 0 Å². The average Bonchev–Trinajstić information content (AvgIpc) is 2.67. The van der Waals surface area contributed by atoms with Gasteiger partial charge in [0.25, 0.3) is 0 Å². The molecule has 4 rings (SSSR count). The Morgan fingerprint density at radius 1 is 0.600 bits per heavy atom. The van der Waals surface area contributed by atoms with Gasteiger partial charge in [-0.2, -0.15) is 0 Å². The summed E-state index contributed by atoms with van der Waals surface area (Å²) in [4.78, 5) is 12.7. The zero-order chi connectivity index (χ0) is 21.7. The maximum atomic E-state index is 12.7. The first kappa shape index (κ1) is 18.8. The summed E-state index contributed by atoms with van der Waals surface area (Å²) in [6.45, 7) is 0. The second kappa shape index (κ2) is 6.52. The van der Waals surface area contributed by atoms with Crippen LogP contribution < -0.4 is 5.43 Å². The molecule has 3 aromatic carbocycles. The maximum Gasteiger partial charge on any atom is 0.200 e. The minimum Gasteiger partial charge on any atom is -0.507 e. The number of phenolic OH excluding ortho intramolecular Hbond substituents is 7. The lowest BCUT2D eigenvalue weighted by Crippen LogP contribution is -2.02. The molecule has 0 fully saturated rings. The van der Waals surface area contributed by atoms with Crippen molar-refractivity contribution in [2.24, 2.45) is 0 Å². The highest BCUT2D eigenvalue weighted by molar-refractivity contribution is 5.99. The number of aromatic hydroxyl groups is 7. The summed E-state index contributed by atoms with van der Waals surface area (Å²) < 4.78 is 5.73. The zero-order valence-corrected chi connectivity index (χ0v) is 15.0. The van der Waals surface area contributed by atoms with Gasteiger partial charge in [-0.05, 0) is 29.8 Å². The Balaban J connectivity index is 2.09. The molecule has 0 atom stereocenters. The van der Waals surface area contributed by atoms with Crippen molar-refractivity contribution in [1.29, 1.82) is 0 Å². The summed E-state index contributed by atoms with van der Waals surface area (Å²) >= 11 is 0. The zero-order valence-electron chi connectivity index (χ0n) is 15.0. The summed E-state index contributed by atoms with van der Waals surface area (Å²) in [5, 5.41) is 68.6. The van der Waals surface area contributed by atoms with Crippen molar-refractivity contribution in [3.63, 3.8) is 0 Å². The Hall–Kier alpha value is -4.53. The molecule has 7 N–H and O–H groups in total. The molecule has 1 heterocycles. The fourth-order valence-electron chi connectivity index (χ4n) is 3.15. The minimum absolute atomic E-state index is 0.0316. The Morgan fingerprint density at radius 2 is 1.23 bits per heavy atom. The summed E-state index contributed by atoms with van der Waals surface area (Å²) in [5.74, 6) is -4.12. The first-order valence-electron chi connectivity index (χ1n) is 8.48. The Morgan fingerprint density at radius 3 is 1.87 bits per heavy atom. The molecule has 4 aromatic rings. The van der Waals surface area contributed by atoms with Gasteiger partial charge in [0.1, 0.15) is 22.6 Å². The fourth-order valence-corrected chi connectivity index (χ4v) is 3.15. The lowest BCUT2D eigenvalue weighted by molar-refractivity contribution is 0.368. The van der Waals surface area contributed by atoms with E-state index in [0.717, 1.165) is 30.3 Å². The van der Waals surface area contributed by atoms with Crippen LogP contribution in [-0.4, -0.2) is 35.7 Å². The van der Waals surface area contributed by atoms with Crippen molar-refractivity contribution in [3.05, 3.63) is 52.7 Å². The van der Waals surface area contributed by atoms with E-state index >= 15 is 0 Å². The molecular weight excluding hydrogens is 396 g/mol. The summed E-state index contributed by atoms with van der Waals surface area (Å²) in [5.41, 5.74) is -0.787. The molecule has 0 aliphatic heterocycles. The van der Waals surface area contributed by atoms with Gasteiger partial charge in [0, 0.05) is 17.7 Å². The van der Waals surface area contributed by atoms with Gasteiger partial charge in [-0.3, -0.25) is 4.79 Å². The normalized spacial score (nSPS) is 11.1. The topological polar surface area (TPSA) is 172 Å². The number of fused-ring (bicyclic) bond motifs is 1. The Kier molecular flexibility index (Phi) is 4.09. The quantitative estimate of drug-likeness (QED) is 0.245. The van der Waals surface area contributed by atoms with Crippen LogP contribution in [0, 0.1) is 0 Å². The lowest BCUT2D eigenvalue weighted by atomic mass is 9.99. The van der Waals surface area contributed by atoms with Gasteiger partial charge in [-0.1, -0.05) is 6.07 Å². The number of benzene rings is 3. The third-order valence-electron chi connectivity index (χ3n) is 4.58. The van der Waals surface area contributed by atoms with E-state index in [9.17, 15) is 40.5 Å². The van der Waals surface area contributed by atoms with Crippen LogP contribution in [0.15, 0.2) is 51.7 Å². The van der Waals surface area contributed by atoms with Gasteiger partial charge >= 0.3 is 0 Å². The van der Waals surface area contributed by atoms with E-state index in [2.05, 4.69) is 0 Å². The SMILES string of the molecule is O=c1cc(-c2cc(O)c(O)c(O)c2)oc2c(-c3ccc(O)c(O)c3)c(O)cc(O)c12. The Labute approximate surface area is 167 Å². The predicted molar refractivity (Wildman–Crippen MR) is 105 cm³/mol. The van der Waals surface area contributed by atoms with Gasteiger partial charge in [0.15, 0.2) is 39.8 Å². The highest BCUT2D eigenvalue weighted by Gasteiger charge is 2.21. The molecule has 9 nitrogen and oxygen atoms in total. The molecule has 0 saturated carbocycles. The molecule has 0 radical (unpaired) electrons. The molecule has 0 spiro atoms. The molecule has 152 valence electrons. The molecule has 0 amide bonds. The van der Waals surface area contributed by atoms with E-state index in [1.54, 1.807) is 0 Å². The number of phenols is 7. The van der Waals surface area contributed by atoms with E-state index in [0.29, 0.717) is 0 Å². The van der Waals surface area contributed by atoms with Crippen molar-refractivity contribution in [3.8, 4) is 62.7 Å². The molecule has 9 heteroatoms. The summed E-state index contributed by atoms with van der Waals surface area (Å²) in [6.07, 6.45) is 0. The first-order chi connectivity index (χ1) is 14.2. The highest BCUT2D eigenvalue weighted by atomic mass is 16.3. The number of rotatable bonds is 2. The van der Waals surface area contributed by atoms with Crippen LogP contribution in [0.1, 0.15) is 0 Å². The summed E-state index contributed by atoms with van der Waals surface area (Å²) in [7, 11) is 0. The van der Waals surface area contributed by atoms with Crippen LogP contribution in [0.4, 0.5) is 0 Å². The van der Waals surface area contributed by atoms with Crippen molar-refractivity contribution < 1.29 is 40.2 Å². The van der Waals surface area contributed by atoms with Gasteiger partial charge in [0.2, 0.25) is 0 Å². The predicted octanol–water partition coefficient (Wildman–Crippen LogP) is 3.07. The van der Waals surface area contributed by atoms with Gasteiger partial charge in [0.05, 0.1) is 5.56 Å². The van der Waals surface area contributed by atoms with Crippen molar-refractivity contribution >= 4 is 11.0 Å². The van der Waals surface area contributed by atoms with Gasteiger partial charge in [-0.15, -0.1) is 0 Å². The van der Waals surface area contributed by atoms with Crippen LogP contribution >= 0.6 is 0 Å². The third kappa shape index (κ3) is 2.85. The summed E-state index contributed by atoms with van der Waals surface area (Å²) in [6, 6.07) is 7.69. The highest BCUT2D eigenvalue weighted by Crippen LogP contribution is 2.44. The first-order valence-corrected chi connectivity index (χ1v) is 8.48. The molecule has 0 saturated heterocycles. The van der Waals surface area contributed by atoms with Gasteiger partial charge in [-0.25, -0.2) is 0 Å². The van der Waals surface area contributed by atoms with Crippen LogP contribution in [-0.2, 0) is 0 Å². The van der Waals surface area contributed by atoms with E-state index in [-0.39, 0.29) is 33.4 Å². The van der Waals surface area contributed by atoms with Crippen molar-refractivity contribution in [2.75, 3.05) is 0 Å². The molecule has 0 aliphatic carbocycles. The van der Waals surface area contributed by atoms with E-state index in [1.165, 1.54) is 12.1 Å². The smallest absolute Gasteiger partial charge is 0.200 e. The lowest BCUT2D eigenvalue weighted by Gasteiger charge is -2.12. The minimum atomic E-state index is -0.752. The largest absolute Gasteiger partial charge is 0.507 e. The second-order valence-electron chi connectivity index (χ2n) is 6.54. The van der Waals surface area contributed by atoms with Crippen molar-refractivity contribution in [1.82, 2.24) is 0 Å². The average molecular weight is 410 g/mol. The van der Waals surface area contributed by atoms with Crippen LogP contribution in [0.3, 0.4) is 0 Å². The third-order valence-corrected chi connectivity index (χ3v) is 4.58. The molecule has 1 aromatic heterocycles. The standard InChI is InChI=1S/C21H14O9/c22-10-2-1-8(3-11(10)23)18-12(24)6-13(25)19-14(26)7-17(30-21(18)19)9-4-15(27)20(29)16(28)5-9/h1-7,22-25,27-29H. The van der Waals surface area contributed by atoms with E-state index < -0.39 is 45.7 Å². The van der Waals surface area contributed by atoms with Crippen LogP contribution in [0.25, 0.3) is 33.4 Å². The Bertz CT molecular complexity index is 1360. The van der Waals surface area contributed by atoms with Gasteiger partial charge < -0.3 is 40.2 Å². The van der Waals surface area contributed by atoms with E-state index in [4.69, 9.17) is 4.42 Å².